The summed E-state index contributed by atoms with van der Waals surface area (Å²) in [5.74, 6) is 0.103. The lowest BCUT2D eigenvalue weighted by atomic mass is 10.1. The molecule has 100 valence electrons. The molecule has 0 aliphatic carbocycles. The topological polar surface area (TPSA) is 84.3 Å². The predicted octanol–water partition coefficient (Wildman–Crippen LogP) is 1.00. The largest absolute Gasteiger partial charge is 0.463 e. The van der Waals surface area contributed by atoms with Crippen molar-refractivity contribution < 1.29 is 14.6 Å². The van der Waals surface area contributed by atoms with Crippen LogP contribution < -0.4 is 5.32 Å². The van der Waals surface area contributed by atoms with Crippen LogP contribution in [0.4, 0.5) is 5.82 Å². The van der Waals surface area contributed by atoms with Crippen molar-refractivity contribution in [3.8, 4) is 0 Å². The van der Waals surface area contributed by atoms with Crippen molar-refractivity contribution in [1.82, 2.24) is 9.97 Å². The second-order valence-corrected chi connectivity index (χ2v) is 4.30. The van der Waals surface area contributed by atoms with Crippen LogP contribution in [0.5, 0.6) is 0 Å². The molecular weight excluding hydrogens is 234 g/mol. The van der Waals surface area contributed by atoms with Crippen molar-refractivity contribution >= 4 is 11.8 Å². The Labute approximate surface area is 106 Å². The zero-order chi connectivity index (χ0) is 13.7. The second-order valence-electron chi connectivity index (χ2n) is 4.30. The Morgan fingerprint density at radius 3 is 2.72 bits per heavy atom. The van der Waals surface area contributed by atoms with Crippen LogP contribution in [0.3, 0.4) is 0 Å². The lowest BCUT2D eigenvalue weighted by molar-refractivity contribution is 0.0586. The summed E-state index contributed by atoms with van der Waals surface area (Å²) in [4.78, 5) is 19.5. The monoisotopic (exact) mass is 253 g/mol. The van der Waals surface area contributed by atoms with Crippen molar-refractivity contribution in [2.75, 3.05) is 19.0 Å². The van der Waals surface area contributed by atoms with Crippen molar-refractivity contribution in [1.29, 1.82) is 0 Å². The fourth-order valence-corrected chi connectivity index (χ4v) is 1.36. The van der Waals surface area contributed by atoms with Gasteiger partial charge in [-0.2, -0.15) is 0 Å². The third-order valence-electron chi connectivity index (χ3n) is 2.74. The summed E-state index contributed by atoms with van der Waals surface area (Å²) in [7, 11) is 1.29. The van der Waals surface area contributed by atoms with Crippen LogP contribution >= 0.6 is 0 Å². The van der Waals surface area contributed by atoms with Gasteiger partial charge in [0.1, 0.15) is 5.82 Å². The average molecular weight is 253 g/mol. The van der Waals surface area contributed by atoms with Crippen LogP contribution in [0.15, 0.2) is 6.07 Å². The van der Waals surface area contributed by atoms with Gasteiger partial charge in [0.25, 0.3) is 0 Å². The number of nitrogens with zero attached hydrogens (tertiary/aromatic N) is 2. The third-order valence-corrected chi connectivity index (χ3v) is 2.74. The minimum Gasteiger partial charge on any atom is -0.463 e. The maximum absolute atomic E-state index is 11.4. The third kappa shape index (κ3) is 3.66. The van der Waals surface area contributed by atoms with Crippen molar-refractivity contribution in [3.05, 3.63) is 17.6 Å². The molecule has 18 heavy (non-hydrogen) atoms. The fourth-order valence-electron chi connectivity index (χ4n) is 1.36. The number of ether oxygens (including phenoxy) is 1. The summed E-state index contributed by atoms with van der Waals surface area (Å²) >= 11 is 0. The Hall–Kier alpha value is -1.69. The normalized spacial score (nSPS) is 13.8. The number of rotatable bonds is 5. The zero-order valence-electron chi connectivity index (χ0n) is 11.1. The molecule has 0 aliphatic heterocycles. The fraction of sp³-hybridized carbons (Fsp3) is 0.583. The summed E-state index contributed by atoms with van der Waals surface area (Å²) in [6, 6.07) is 1.78. The van der Waals surface area contributed by atoms with E-state index in [4.69, 9.17) is 5.11 Å². The van der Waals surface area contributed by atoms with Gasteiger partial charge >= 0.3 is 5.97 Å². The highest BCUT2D eigenvalue weighted by Gasteiger charge is 2.15. The summed E-state index contributed by atoms with van der Waals surface area (Å²) in [6.07, 6.45) is 0. The number of aromatic nitrogens is 2. The molecule has 2 N–H and O–H groups in total. The molecule has 1 heterocycles. The summed E-state index contributed by atoms with van der Waals surface area (Å²) in [5, 5.41) is 12.2. The lowest BCUT2D eigenvalue weighted by Crippen LogP contribution is -2.27. The van der Waals surface area contributed by atoms with Gasteiger partial charge in [0.2, 0.25) is 5.82 Å². The number of aryl methyl sites for hydroxylation is 1. The number of carbonyl (C=O) groups excluding carboxylic acids is 1. The molecule has 0 amide bonds. The Kier molecular flexibility index (Phi) is 5.03. The molecular formula is C12H19N3O3. The molecule has 1 rings (SSSR count). The number of aliphatic hydroxyl groups excluding tert-OH is 1. The molecule has 1 aromatic rings. The molecule has 2 unspecified atom stereocenters. The van der Waals surface area contributed by atoms with Crippen molar-refractivity contribution in [3.63, 3.8) is 0 Å². The van der Waals surface area contributed by atoms with Gasteiger partial charge in [-0.3, -0.25) is 0 Å². The highest BCUT2D eigenvalue weighted by Crippen LogP contribution is 2.12. The number of aliphatic hydroxyl groups is 1. The van der Waals surface area contributed by atoms with Gasteiger partial charge in [0.05, 0.1) is 7.11 Å². The molecule has 2 atom stereocenters. The van der Waals surface area contributed by atoms with E-state index in [1.165, 1.54) is 7.11 Å². The number of nitrogens with one attached hydrogen (secondary N) is 1. The van der Waals surface area contributed by atoms with Gasteiger partial charge in [-0.25, -0.2) is 14.8 Å². The maximum atomic E-state index is 11.4. The van der Waals surface area contributed by atoms with Crippen LogP contribution in [0, 0.1) is 12.8 Å². The van der Waals surface area contributed by atoms with Gasteiger partial charge in [0, 0.05) is 24.4 Å². The second kappa shape index (κ2) is 6.30. The van der Waals surface area contributed by atoms with Gasteiger partial charge < -0.3 is 15.2 Å². The standard InChI is InChI=1S/C12H19N3O3/c1-7(6-16)9(3)14-10-5-8(2)13-11(15-10)12(17)18-4/h5,7,9,16H,6H2,1-4H3,(H,13,14,15). The lowest BCUT2D eigenvalue weighted by Gasteiger charge is -2.20. The molecule has 0 saturated heterocycles. The molecule has 0 saturated carbocycles. The number of carbonyl (C=O) groups is 1. The van der Waals surface area contributed by atoms with Crippen LogP contribution in [0.2, 0.25) is 0 Å². The van der Waals surface area contributed by atoms with Gasteiger partial charge in [-0.1, -0.05) is 6.92 Å². The number of anilines is 1. The van der Waals surface area contributed by atoms with E-state index < -0.39 is 5.97 Å². The molecule has 0 fully saturated rings. The minimum atomic E-state index is -0.565. The van der Waals surface area contributed by atoms with Crippen molar-refractivity contribution in [2.24, 2.45) is 5.92 Å². The van der Waals surface area contributed by atoms with Gasteiger partial charge in [-0.15, -0.1) is 0 Å². The summed E-state index contributed by atoms with van der Waals surface area (Å²) in [5.41, 5.74) is 0.678. The molecule has 0 radical (unpaired) electrons. The highest BCUT2D eigenvalue weighted by molar-refractivity contribution is 5.85. The summed E-state index contributed by atoms with van der Waals surface area (Å²) in [6.45, 7) is 5.73. The molecule has 0 aliphatic rings. The first-order chi connectivity index (χ1) is 8.47. The van der Waals surface area contributed by atoms with E-state index in [-0.39, 0.29) is 24.4 Å². The number of hydrogen-bond donors (Lipinski definition) is 2. The van der Waals surface area contributed by atoms with Crippen molar-refractivity contribution in [2.45, 2.75) is 26.8 Å². The SMILES string of the molecule is COC(=O)c1nc(C)cc(NC(C)C(C)CO)n1. The molecule has 0 spiro atoms. The van der Waals surface area contributed by atoms with E-state index in [0.717, 1.165) is 0 Å². The minimum absolute atomic E-state index is 0.0313. The maximum Gasteiger partial charge on any atom is 0.376 e. The Morgan fingerprint density at radius 1 is 1.50 bits per heavy atom. The Morgan fingerprint density at radius 2 is 2.17 bits per heavy atom. The predicted molar refractivity (Wildman–Crippen MR) is 67.4 cm³/mol. The van der Waals surface area contributed by atoms with Crippen LogP contribution in [-0.2, 0) is 4.74 Å². The van der Waals surface area contributed by atoms with E-state index >= 15 is 0 Å². The van der Waals surface area contributed by atoms with E-state index in [2.05, 4.69) is 20.0 Å². The first-order valence-corrected chi connectivity index (χ1v) is 5.79. The summed E-state index contributed by atoms with van der Waals surface area (Å²) < 4.78 is 4.59. The van der Waals surface area contributed by atoms with E-state index in [1.54, 1.807) is 13.0 Å². The van der Waals surface area contributed by atoms with E-state index in [1.807, 2.05) is 13.8 Å². The average Bonchev–Trinajstić information content (AvgIpc) is 2.35. The first-order valence-electron chi connectivity index (χ1n) is 5.79. The molecule has 1 aromatic heterocycles. The number of methoxy groups -OCH3 is 1. The Bertz CT molecular complexity index is 423. The Balaban J connectivity index is 2.89. The first kappa shape index (κ1) is 14.4. The smallest absolute Gasteiger partial charge is 0.376 e. The quantitative estimate of drug-likeness (QED) is 0.762. The van der Waals surface area contributed by atoms with Gasteiger partial charge in [-0.05, 0) is 19.8 Å². The highest BCUT2D eigenvalue weighted by atomic mass is 16.5. The molecule has 0 bridgehead atoms. The molecule has 0 aromatic carbocycles. The van der Waals surface area contributed by atoms with E-state index in [9.17, 15) is 4.79 Å². The molecule has 6 nitrogen and oxygen atoms in total. The molecule has 6 heteroatoms. The van der Waals surface area contributed by atoms with Crippen LogP contribution in [0.25, 0.3) is 0 Å². The van der Waals surface area contributed by atoms with Crippen LogP contribution in [-0.4, -0.2) is 40.8 Å². The number of hydrogen-bond acceptors (Lipinski definition) is 6. The van der Waals surface area contributed by atoms with Crippen LogP contribution in [0.1, 0.15) is 30.2 Å². The van der Waals surface area contributed by atoms with E-state index in [0.29, 0.717) is 11.5 Å². The van der Waals surface area contributed by atoms with Gasteiger partial charge in [0.15, 0.2) is 0 Å². The zero-order valence-corrected chi connectivity index (χ0v) is 11.1. The number of esters is 1.